The third-order valence-electron chi connectivity index (χ3n) is 5.47. The molecule has 4 rings (SSSR count). The number of fused-ring (bicyclic) bond motifs is 1. The van der Waals surface area contributed by atoms with Crippen molar-refractivity contribution in [2.45, 2.75) is 33.3 Å². The molecule has 0 amide bonds. The number of rotatable bonds is 6. The van der Waals surface area contributed by atoms with Crippen molar-refractivity contribution in [1.29, 1.82) is 0 Å². The predicted molar refractivity (Wildman–Crippen MR) is 126 cm³/mol. The van der Waals surface area contributed by atoms with Crippen molar-refractivity contribution in [3.63, 3.8) is 0 Å². The van der Waals surface area contributed by atoms with Crippen LogP contribution in [0.3, 0.4) is 0 Å². The summed E-state index contributed by atoms with van der Waals surface area (Å²) in [6.45, 7) is 10.4. The molecule has 3 aromatic rings. The molecule has 0 atom stereocenters. The van der Waals surface area contributed by atoms with Gasteiger partial charge in [-0.25, -0.2) is 0 Å². The third kappa shape index (κ3) is 4.46. The Bertz CT molecular complexity index is 1150. The first-order valence-corrected chi connectivity index (χ1v) is 10.5. The Labute approximate surface area is 183 Å². The van der Waals surface area contributed by atoms with E-state index in [0.717, 1.165) is 22.3 Å². The zero-order chi connectivity index (χ0) is 22.0. The van der Waals surface area contributed by atoms with Crippen LogP contribution < -0.4 is 9.47 Å². The van der Waals surface area contributed by atoms with E-state index in [1.807, 2.05) is 55.5 Å². The SMILES string of the molecule is C=Cc1ccc(COc2cc(C)c3c(c2)O/C(=C\c2ccc(C(C)C)cc2)C3=O)cc1. The molecule has 0 fully saturated rings. The Kier molecular flexibility index (Phi) is 5.77. The van der Waals surface area contributed by atoms with Crippen LogP contribution in [0.1, 0.15) is 57.9 Å². The second-order valence-corrected chi connectivity index (χ2v) is 8.11. The highest BCUT2D eigenvalue weighted by Crippen LogP contribution is 2.37. The first kappa shape index (κ1) is 20.7. The standard InChI is InChI=1S/C28H26O3/c1-5-20-6-8-22(9-7-20)17-30-24-14-19(4)27-25(16-24)31-26(28(27)29)15-21-10-12-23(13-11-21)18(2)3/h5-16,18H,1,17H2,2-4H3/b26-15-. The van der Waals surface area contributed by atoms with Gasteiger partial charge < -0.3 is 9.47 Å². The van der Waals surface area contributed by atoms with Crippen molar-refractivity contribution in [2.75, 3.05) is 0 Å². The lowest BCUT2D eigenvalue weighted by Crippen LogP contribution is -2.00. The van der Waals surface area contributed by atoms with E-state index in [0.29, 0.717) is 35.3 Å². The van der Waals surface area contributed by atoms with E-state index in [1.165, 1.54) is 5.56 Å². The van der Waals surface area contributed by atoms with Crippen LogP contribution in [0.4, 0.5) is 0 Å². The van der Waals surface area contributed by atoms with Crippen LogP contribution in [0.5, 0.6) is 11.5 Å². The van der Waals surface area contributed by atoms with Gasteiger partial charge in [0, 0.05) is 6.07 Å². The summed E-state index contributed by atoms with van der Waals surface area (Å²) < 4.78 is 11.9. The molecule has 0 aliphatic carbocycles. The molecule has 0 bridgehead atoms. The molecule has 1 aliphatic heterocycles. The molecule has 0 radical (unpaired) electrons. The summed E-state index contributed by atoms with van der Waals surface area (Å²) in [4.78, 5) is 12.9. The number of ether oxygens (including phenoxy) is 2. The third-order valence-corrected chi connectivity index (χ3v) is 5.47. The number of carbonyl (C=O) groups excluding carboxylic acids is 1. The molecule has 1 aliphatic rings. The molecule has 1 heterocycles. The van der Waals surface area contributed by atoms with Gasteiger partial charge >= 0.3 is 0 Å². The normalized spacial score (nSPS) is 13.9. The number of aryl methyl sites for hydroxylation is 1. The lowest BCUT2D eigenvalue weighted by atomic mass is 10.0. The first-order chi connectivity index (χ1) is 14.9. The number of hydrogen-bond acceptors (Lipinski definition) is 3. The minimum absolute atomic E-state index is 0.0907. The zero-order valence-electron chi connectivity index (χ0n) is 18.1. The minimum Gasteiger partial charge on any atom is -0.489 e. The average molecular weight is 411 g/mol. The molecule has 0 saturated carbocycles. The Morgan fingerprint density at radius 2 is 1.68 bits per heavy atom. The maximum absolute atomic E-state index is 12.9. The summed E-state index contributed by atoms with van der Waals surface area (Å²) in [5.74, 6) is 1.95. The van der Waals surface area contributed by atoms with E-state index in [9.17, 15) is 4.79 Å². The summed E-state index contributed by atoms with van der Waals surface area (Å²) in [7, 11) is 0. The molecule has 3 aromatic carbocycles. The Morgan fingerprint density at radius 3 is 2.32 bits per heavy atom. The fraction of sp³-hybridized carbons (Fsp3) is 0.179. The number of carbonyl (C=O) groups is 1. The van der Waals surface area contributed by atoms with E-state index in [-0.39, 0.29) is 5.78 Å². The lowest BCUT2D eigenvalue weighted by Gasteiger charge is -2.09. The summed E-state index contributed by atoms with van der Waals surface area (Å²) in [6, 6.07) is 19.9. The van der Waals surface area contributed by atoms with Crippen molar-refractivity contribution >= 4 is 17.9 Å². The van der Waals surface area contributed by atoms with Gasteiger partial charge in [-0.1, -0.05) is 75.0 Å². The first-order valence-electron chi connectivity index (χ1n) is 10.5. The molecular formula is C28H26O3. The van der Waals surface area contributed by atoms with Gasteiger partial charge in [-0.05, 0) is 52.8 Å². The van der Waals surface area contributed by atoms with Gasteiger partial charge in [0.1, 0.15) is 18.1 Å². The van der Waals surface area contributed by atoms with Gasteiger partial charge in [0.05, 0.1) is 5.56 Å². The zero-order valence-corrected chi connectivity index (χ0v) is 18.1. The van der Waals surface area contributed by atoms with Crippen molar-refractivity contribution < 1.29 is 14.3 Å². The Morgan fingerprint density at radius 1 is 1.00 bits per heavy atom. The summed E-state index contributed by atoms with van der Waals surface area (Å²) in [5.41, 5.74) is 5.79. The Hall–Kier alpha value is -3.59. The van der Waals surface area contributed by atoms with Crippen LogP contribution in [-0.2, 0) is 6.61 Å². The van der Waals surface area contributed by atoms with Gasteiger partial charge in [-0.2, -0.15) is 0 Å². The van der Waals surface area contributed by atoms with Crippen LogP contribution in [-0.4, -0.2) is 5.78 Å². The van der Waals surface area contributed by atoms with Crippen molar-refractivity contribution in [3.05, 3.63) is 106 Å². The molecule has 31 heavy (non-hydrogen) atoms. The average Bonchev–Trinajstić information content (AvgIpc) is 3.08. The summed E-state index contributed by atoms with van der Waals surface area (Å²) >= 11 is 0. The smallest absolute Gasteiger partial charge is 0.232 e. The number of hydrogen-bond donors (Lipinski definition) is 0. The van der Waals surface area contributed by atoms with Crippen LogP contribution in [0.2, 0.25) is 0 Å². The van der Waals surface area contributed by atoms with Crippen molar-refractivity contribution in [2.24, 2.45) is 0 Å². The molecular weight excluding hydrogens is 384 g/mol. The van der Waals surface area contributed by atoms with Crippen molar-refractivity contribution in [1.82, 2.24) is 0 Å². The maximum atomic E-state index is 12.9. The van der Waals surface area contributed by atoms with E-state index in [1.54, 1.807) is 12.1 Å². The molecule has 156 valence electrons. The highest BCUT2D eigenvalue weighted by Gasteiger charge is 2.30. The monoisotopic (exact) mass is 410 g/mol. The summed E-state index contributed by atoms with van der Waals surface area (Å²) in [5, 5.41) is 0. The lowest BCUT2D eigenvalue weighted by molar-refractivity contribution is 0.101. The van der Waals surface area contributed by atoms with E-state index in [4.69, 9.17) is 9.47 Å². The topological polar surface area (TPSA) is 35.5 Å². The molecule has 0 spiro atoms. The van der Waals surface area contributed by atoms with E-state index >= 15 is 0 Å². The second kappa shape index (κ2) is 8.65. The van der Waals surface area contributed by atoms with Crippen LogP contribution >= 0.6 is 0 Å². The van der Waals surface area contributed by atoms with Crippen LogP contribution in [0, 0.1) is 6.92 Å². The summed E-state index contributed by atoms with van der Waals surface area (Å²) in [6.07, 6.45) is 3.61. The number of allylic oxidation sites excluding steroid dienone is 1. The highest BCUT2D eigenvalue weighted by molar-refractivity contribution is 6.15. The number of benzene rings is 3. The van der Waals surface area contributed by atoms with Gasteiger partial charge in [-0.3, -0.25) is 4.79 Å². The van der Waals surface area contributed by atoms with E-state index < -0.39 is 0 Å². The molecule has 3 heteroatoms. The fourth-order valence-electron chi connectivity index (χ4n) is 3.61. The molecule has 3 nitrogen and oxygen atoms in total. The van der Waals surface area contributed by atoms with Gasteiger partial charge in [0.15, 0.2) is 5.76 Å². The largest absolute Gasteiger partial charge is 0.489 e. The quantitative estimate of drug-likeness (QED) is 0.412. The second-order valence-electron chi connectivity index (χ2n) is 8.11. The van der Waals surface area contributed by atoms with Crippen LogP contribution in [0.15, 0.2) is 73.0 Å². The maximum Gasteiger partial charge on any atom is 0.232 e. The molecule has 0 N–H and O–H groups in total. The fourth-order valence-corrected chi connectivity index (χ4v) is 3.61. The molecule has 0 saturated heterocycles. The van der Waals surface area contributed by atoms with Gasteiger partial charge in [0.25, 0.3) is 0 Å². The Balaban J connectivity index is 1.52. The van der Waals surface area contributed by atoms with Gasteiger partial charge in [0.2, 0.25) is 5.78 Å². The predicted octanol–water partition coefficient (Wildman–Crippen LogP) is 6.96. The number of ketones is 1. The number of Topliss-reactive ketones (excluding diaryl/α,β-unsaturated/α-hetero) is 1. The highest BCUT2D eigenvalue weighted by atomic mass is 16.5. The van der Waals surface area contributed by atoms with E-state index in [2.05, 4.69) is 32.6 Å². The van der Waals surface area contributed by atoms with Gasteiger partial charge in [-0.15, -0.1) is 0 Å². The van der Waals surface area contributed by atoms with Crippen LogP contribution in [0.25, 0.3) is 12.2 Å². The molecule has 0 aromatic heterocycles. The minimum atomic E-state index is -0.0907. The molecule has 0 unspecified atom stereocenters. The van der Waals surface area contributed by atoms with Crippen molar-refractivity contribution in [3.8, 4) is 11.5 Å².